The van der Waals surface area contributed by atoms with E-state index in [2.05, 4.69) is 14.9 Å². The Hall–Kier alpha value is -3.00. The van der Waals surface area contributed by atoms with Crippen molar-refractivity contribution >= 4 is 0 Å². The maximum atomic E-state index is 12.6. The molecule has 0 bridgehead atoms. The Morgan fingerprint density at radius 2 is 1.79 bits per heavy atom. The summed E-state index contributed by atoms with van der Waals surface area (Å²) in [5, 5.41) is 3.89. The van der Waals surface area contributed by atoms with Gasteiger partial charge in [0.15, 0.2) is 0 Å². The molecule has 1 aromatic heterocycles. The van der Waals surface area contributed by atoms with Crippen molar-refractivity contribution in [1.29, 1.82) is 0 Å². The average molecular weight is 403 g/mol. The van der Waals surface area contributed by atoms with E-state index in [0.717, 1.165) is 24.3 Å². The van der Waals surface area contributed by atoms with Crippen LogP contribution in [0.4, 0.5) is 8.78 Å². The van der Waals surface area contributed by atoms with Crippen LogP contribution < -0.4 is 9.47 Å². The molecule has 8 heteroatoms. The first-order chi connectivity index (χ1) is 14.0. The summed E-state index contributed by atoms with van der Waals surface area (Å²) in [7, 11) is 1.94. The normalized spacial score (nSPS) is 11.2. The Kier molecular flexibility index (Phi) is 7.13. The van der Waals surface area contributed by atoms with Gasteiger partial charge in [-0.15, -0.1) is 0 Å². The second-order valence-corrected chi connectivity index (χ2v) is 6.59. The number of hydrogen-bond acceptors (Lipinski definition) is 6. The van der Waals surface area contributed by atoms with Gasteiger partial charge < -0.3 is 14.0 Å². The SMILES string of the molecule is Cc1ccccc1OCCCN(C)Cc1nc(-c2ccccc2OC(F)F)no1. The standard InChI is InChI=1S/C21H23F2N3O3/c1-15-8-3-5-10-17(15)27-13-7-12-26(2)14-19-24-20(25-29-19)16-9-4-6-11-18(16)28-21(22)23/h3-6,8-11,21H,7,12-14H2,1-2H3. The summed E-state index contributed by atoms with van der Waals surface area (Å²) in [6, 6.07) is 14.3. The van der Waals surface area contributed by atoms with Crippen LogP contribution in [0.1, 0.15) is 17.9 Å². The molecule has 6 nitrogen and oxygen atoms in total. The second kappa shape index (κ2) is 9.97. The molecule has 29 heavy (non-hydrogen) atoms. The Morgan fingerprint density at radius 1 is 1.07 bits per heavy atom. The number of aryl methyl sites for hydroxylation is 1. The van der Waals surface area contributed by atoms with Crippen LogP contribution in [0.2, 0.25) is 0 Å². The molecule has 0 N–H and O–H groups in total. The molecule has 0 aliphatic carbocycles. The van der Waals surface area contributed by atoms with E-state index in [-0.39, 0.29) is 11.6 Å². The molecule has 0 spiro atoms. The number of aromatic nitrogens is 2. The van der Waals surface area contributed by atoms with E-state index in [1.54, 1.807) is 18.2 Å². The molecule has 0 fully saturated rings. The predicted octanol–water partition coefficient (Wildman–Crippen LogP) is 4.55. The molecule has 3 aromatic rings. The zero-order chi connectivity index (χ0) is 20.6. The minimum absolute atomic E-state index is 0.0107. The van der Waals surface area contributed by atoms with Crippen LogP contribution in [-0.4, -0.2) is 41.9 Å². The minimum Gasteiger partial charge on any atom is -0.493 e. The summed E-state index contributed by atoms with van der Waals surface area (Å²) in [5.41, 5.74) is 1.47. The van der Waals surface area contributed by atoms with Gasteiger partial charge in [0, 0.05) is 6.54 Å². The van der Waals surface area contributed by atoms with Crippen molar-refractivity contribution in [1.82, 2.24) is 15.0 Å². The van der Waals surface area contributed by atoms with Crippen LogP contribution >= 0.6 is 0 Å². The second-order valence-electron chi connectivity index (χ2n) is 6.59. The van der Waals surface area contributed by atoms with E-state index < -0.39 is 6.61 Å². The molecule has 0 aliphatic heterocycles. The molecule has 3 rings (SSSR count). The van der Waals surface area contributed by atoms with Crippen molar-refractivity contribution in [3.8, 4) is 22.9 Å². The molecule has 154 valence electrons. The van der Waals surface area contributed by atoms with Gasteiger partial charge in [0.1, 0.15) is 11.5 Å². The first-order valence-corrected chi connectivity index (χ1v) is 9.26. The van der Waals surface area contributed by atoms with E-state index in [0.29, 0.717) is 24.6 Å². The third-order valence-electron chi connectivity index (χ3n) is 4.25. The molecule has 0 radical (unpaired) electrons. The highest BCUT2D eigenvalue weighted by Crippen LogP contribution is 2.28. The monoisotopic (exact) mass is 403 g/mol. The number of rotatable bonds is 10. The first-order valence-electron chi connectivity index (χ1n) is 9.26. The van der Waals surface area contributed by atoms with E-state index in [4.69, 9.17) is 9.26 Å². The Balaban J connectivity index is 1.50. The van der Waals surface area contributed by atoms with Gasteiger partial charge in [0.2, 0.25) is 11.7 Å². The molecule has 1 heterocycles. The summed E-state index contributed by atoms with van der Waals surface area (Å²) < 4.78 is 40.7. The number of ether oxygens (including phenoxy) is 2. The van der Waals surface area contributed by atoms with Gasteiger partial charge in [-0.25, -0.2) is 0 Å². The van der Waals surface area contributed by atoms with Crippen molar-refractivity contribution in [2.45, 2.75) is 26.5 Å². The third kappa shape index (κ3) is 5.99. The number of benzene rings is 2. The van der Waals surface area contributed by atoms with Crippen LogP contribution in [-0.2, 0) is 6.54 Å². The average Bonchev–Trinajstić information content (AvgIpc) is 3.14. The van der Waals surface area contributed by atoms with E-state index in [1.807, 2.05) is 43.1 Å². The first kappa shape index (κ1) is 20.7. The van der Waals surface area contributed by atoms with Crippen LogP contribution in [0.25, 0.3) is 11.4 Å². The quantitative estimate of drug-likeness (QED) is 0.463. The topological polar surface area (TPSA) is 60.6 Å². The predicted molar refractivity (Wildman–Crippen MR) is 104 cm³/mol. The van der Waals surface area contributed by atoms with Crippen molar-refractivity contribution in [2.24, 2.45) is 0 Å². The maximum Gasteiger partial charge on any atom is 0.387 e. The molecule has 2 aromatic carbocycles. The zero-order valence-corrected chi connectivity index (χ0v) is 16.3. The number of hydrogen-bond donors (Lipinski definition) is 0. The van der Waals surface area contributed by atoms with E-state index in [1.165, 1.54) is 6.07 Å². The Bertz CT molecular complexity index is 917. The fourth-order valence-corrected chi connectivity index (χ4v) is 2.82. The van der Waals surface area contributed by atoms with Gasteiger partial charge in [0.25, 0.3) is 0 Å². The highest BCUT2D eigenvalue weighted by Gasteiger charge is 2.16. The Morgan fingerprint density at radius 3 is 2.55 bits per heavy atom. The molecule has 0 saturated carbocycles. The largest absolute Gasteiger partial charge is 0.493 e. The molecule has 0 amide bonds. The van der Waals surface area contributed by atoms with Crippen LogP contribution in [0.3, 0.4) is 0 Å². The highest BCUT2D eigenvalue weighted by atomic mass is 19.3. The highest BCUT2D eigenvalue weighted by molar-refractivity contribution is 5.63. The molecular weight excluding hydrogens is 380 g/mol. The zero-order valence-electron chi connectivity index (χ0n) is 16.3. The van der Waals surface area contributed by atoms with Crippen molar-refractivity contribution in [3.63, 3.8) is 0 Å². The van der Waals surface area contributed by atoms with Gasteiger partial charge in [0.05, 0.1) is 18.7 Å². The lowest BCUT2D eigenvalue weighted by Crippen LogP contribution is -2.21. The molecule has 0 unspecified atom stereocenters. The fraction of sp³-hybridized carbons (Fsp3) is 0.333. The van der Waals surface area contributed by atoms with E-state index >= 15 is 0 Å². The number of halogens is 2. The van der Waals surface area contributed by atoms with Crippen LogP contribution in [0.5, 0.6) is 11.5 Å². The number of para-hydroxylation sites is 2. The van der Waals surface area contributed by atoms with Gasteiger partial charge in [-0.3, -0.25) is 4.90 Å². The Labute approximate surface area is 168 Å². The van der Waals surface area contributed by atoms with Crippen molar-refractivity contribution < 1.29 is 22.8 Å². The van der Waals surface area contributed by atoms with Gasteiger partial charge in [-0.1, -0.05) is 35.5 Å². The molecule has 0 saturated heterocycles. The summed E-state index contributed by atoms with van der Waals surface area (Å²) in [6.45, 7) is 0.904. The lowest BCUT2D eigenvalue weighted by molar-refractivity contribution is -0.0494. The van der Waals surface area contributed by atoms with Crippen molar-refractivity contribution in [2.75, 3.05) is 20.2 Å². The summed E-state index contributed by atoms with van der Waals surface area (Å²) >= 11 is 0. The van der Waals surface area contributed by atoms with Crippen LogP contribution in [0.15, 0.2) is 53.1 Å². The molecular formula is C21H23F2N3O3. The van der Waals surface area contributed by atoms with Gasteiger partial charge >= 0.3 is 6.61 Å². The lowest BCUT2D eigenvalue weighted by Gasteiger charge is -2.14. The lowest BCUT2D eigenvalue weighted by atomic mass is 10.2. The summed E-state index contributed by atoms with van der Waals surface area (Å²) in [5.74, 6) is 1.51. The minimum atomic E-state index is -2.92. The smallest absolute Gasteiger partial charge is 0.387 e. The third-order valence-corrected chi connectivity index (χ3v) is 4.25. The number of alkyl halides is 2. The molecule has 0 atom stereocenters. The number of nitrogens with zero attached hydrogens (tertiary/aromatic N) is 3. The van der Waals surface area contributed by atoms with Crippen molar-refractivity contribution in [3.05, 3.63) is 60.0 Å². The van der Waals surface area contributed by atoms with Gasteiger partial charge in [-0.05, 0) is 44.2 Å². The summed E-state index contributed by atoms with van der Waals surface area (Å²) in [4.78, 5) is 6.33. The van der Waals surface area contributed by atoms with E-state index in [9.17, 15) is 8.78 Å². The van der Waals surface area contributed by atoms with Gasteiger partial charge in [-0.2, -0.15) is 13.8 Å². The summed E-state index contributed by atoms with van der Waals surface area (Å²) in [6.07, 6.45) is 0.830. The van der Waals surface area contributed by atoms with Crippen LogP contribution in [0, 0.1) is 6.92 Å². The fourth-order valence-electron chi connectivity index (χ4n) is 2.82. The molecule has 0 aliphatic rings. The maximum absolute atomic E-state index is 12.6.